The number of anilines is 1. The molecule has 56 heavy (non-hydrogen) atoms. The second kappa shape index (κ2) is 23.2. The van der Waals surface area contributed by atoms with Crippen LogP contribution in [0, 0.1) is 11.3 Å². The van der Waals surface area contributed by atoms with Crippen molar-refractivity contribution in [2.75, 3.05) is 51.8 Å². The van der Waals surface area contributed by atoms with E-state index in [4.69, 9.17) is 27.3 Å². The Balaban J connectivity index is 0.000000225. The zero-order chi connectivity index (χ0) is 39.9. The molecule has 0 spiro atoms. The number of aromatic hydroxyl groups is 1. The van der Waals surface area contributed by atoms with Crippen molar-refractivity contribution >= 4 is 47.0 Å². The number of imide groups is 1. The third kappa shape index (κ3) is 13.5. The van der Waals surface area contributed by atoms with Gasteiger partial charge in [-0.2, -0.15) is 5.26 Å². The number of hydrogen-bond acceptors (Lipinski definition) is 10. The predicted octanol–water partition coefficient (Wildman–Crippen LogP) is 6.28. The summed E-state index contributed by atoms with van der Waals surface area (Å²) in [6.45, 7) is 6.66. The van der Waals surface area contributed by atoms with E-state index >= 15 is 0 Å². The van der Waals surface area contributed by atoms with Crippen molar-refractivity contribution in [3.63, 3.8) is 0 Å². The summed E-state index contributed by atoms with van der Waals surface area (Å²) in [6.07, 6.45) is 8.76. The molecule has 2 unspecified atom stereocenters. The molecule has 1 aliphatic carbocycles. The Bertz CT molecular complexity index is 1820. The van der Waals surface area contributed by atoms with Crippen LogP contribution in [0.2, 0.25) is 5.02 Å². The molecule has 2 aromatic carbocycles. The van der Waals surface area contributed by atoms with E-state index in [2.05, 4.69) is 45.5 Å². The van der Waals surface area contributed by atoms with E-state index in [1.54, 1.807) is 18.2 Å². The minimum atomic E-state index is -0.781. The van der Waals surface area contributed by atoms with Gasteiger partial charge in [-0.1, -0.05) is 24.1 Å². The fourth-order valence-corrected chi connectivity index (χ4v) is 6.48. The number of ether oxygens (including phenoxy) is 1. The molecule has 1 aromatic heterocycles. The van der Waals surface area contributed by atoms with E-state index < -0.39 is 17.9 Å². The average Bonchev–Trinajstić information content (AvgIpc) is 3.15. The van der Waals surface area contributed by atoms with Crippen molar-refractivity contribution in [3.8, 4) is 17.7 Å². The number of hydrogen-bond donors (Lipinski definition) is 2. The van der Waals surface area contributed by atoms with Gasteiger partial charge in [-0.3, -0.25) is 24.5 Å². The molecule has 14 nitrogen and oxygen atoms in total. The van der Waals surface area contributed by atoms with Crippen LogP contribution in [0.15, 0.2) is 54.7 Å². The Morgan fingerprint density at radius 3 is 2.54 bits per heavy atom. The molecule has 1 radical (unpaired) electrons. The summed E-state index contributed by atoms with van der Waals surface area (Å²) in [4.78, 5) is 56.2. The SMILES string of the molecule is CC1C[N-]CCN1c1ccc(C#N)c(Cl)c1.CN(C(=O)c1cc(O)ccc1C=O)C1CCC(=O)NC1=O.CN(CCCCOc1ccc([NH-])cn1)C1CCC1.[Y]. The van der Waals surface area contributed by atoms with Gasteiger partial charge in [0.25, 0.3) is 5.91 Å². The summed E-state index contributed by atoms with van der Waals surface area (Å²) < 4.78 is 5.53. The third-order valence-electron chi connectivity index (χ3n) is 9.81. The maximum absolute atomic E-state index is 12.4. The monoisotopic (exact) mass is 861 g/mol. The maximum atomic E-state index is 12.4. The number of carbonyl (C=O) groups is 4. The summed E-state index contributed by atoms with van der Waals surface area (Å²) in [5, 5.41) is 25.3. The Kier molecular flexibility index (Phi) is 19.2. The number of phenols is 1. The fourth-order valence-electron chi connectivity index (χ4n) is 6.26. The number of likely N-dealkylation sites (N-methyl/N-ethyl adjacent to an activating group) is 1. The molecule has 3 heterocycles. The maximum Gasteiger partial charge on any atom is 0.255 e. The van der Waals surface area contributed by atoms with Gasteiger partial charge in [0, 0.05) is 75.7 Å². The van der Waals surface area contributed by atoms with Crippen molar-refractivity contribution in [3.05, 3.63) is 87.5 Å². The summed E-state index contributed by atoms with van der Waals surface area (Å²) >= 11 is 6.02. The number of piperidine rings is 1. The fraction of sp³-hybridized carbons (Fsp3) is 0.450. The molecular formula is C40H49ClN8O6Y-2. The smallest absolute Gasteiger partial charge is 0.255 e. The topological polar surface area (TPSA) is 194 Å². The first-order valence-electron chi connectivity index (χ1n) is 18.4. The molecule has 16 heteroatoms. The number of aromatic nitrogens is 1. The first-order valence-corrected chi connectivity index (χ1v) is 18.8. The van der Waals surface area contributed by atoms with Crippen LogP contribution in [0.3, 0.4) is 0 Å². The van der Waals surface area contributed by atoms with Gasteiger partial charge in [0.1, 0.15) is 17.9 Å². The quantitative estimate of drug-likeness (QED) is 0.126. The molecule has 3 fully saturated rings. The Hall–Kier alpha value is -4.13. The number of nitriles is 1. The van der Waals surface area contributed by atoms with Crippen LogP contribution in [-0.4, -0.2) is 109 Å². The van der Waals surface area contributed by atoms with Gasteiger partial charge < -0.3 is 35.6 Å². The Morgan fingerprint density at radius 1 is 1.16 bits per heavy atom. The van der Waals surface area contributed by atoms with Crippen LogP contribution in [0.25, 0.3) is 11.1 Å². The molecule has 3 aliphatic rings. The number of halogens is 1. The minimum Gasteiger partial charge on any atom is -0.697 e. The molecule has 6 rings (SSSR count). The molecule has 2 saturated heterocycles. The number of carbonyl (C=O) groups excluding carboxylic acids is 4. The second-order valence-electron chi connectivity index (χ2n) is 13.7. The molecular weight excluding hydrogens is 813 g/mol. The third-order valence-corrected chi connectivity index (χ3v) is 10.1. The van der Waals surface area contributed by atoms with Gasteiger partial charge in [0.15, 0.2) is 6.29 Å². The number of amides is 3. The second-order valence-corrected chi connectivity index (χ2v) is 14.1. The van der Waals surface area contributed by atoms with Crippen LogP contribution >= 0.6 is 11.6 Å². The van der Waals surface area contributed by atoms with Crippen molar-refractivity contribution in [2.45, 2.75) is 70.0 Å². The Labute approximate surface area is 359 Å². The molecule has 3 aromatic rings. The van der Waals surface area contributed by atoms with E-state index in [1.165, 1.54) is 62.0 Å². The zero-order valence-corrected chi connectivity index (χ0v) is 35.7. The largest absolute Gasteiger partial charge is 0.697 e. The van der Waals surface area contributed by atoms with Crippen LogP contribution in [0.4, 0.5) is 11.4 Å². The molecule has 3 amide bonds. The molecule has 0 bridgehead atoms. The number of benzene rings is 2. The molecule has 1 saturated carbocycles. The molecule has 2 aliphatic heterocycles. The zero-order valence-electron chi connectivity index (χ0n) is 32.1. The summed E-state index contributed by atoms with van der Waals surface area (Å²) in [6, 6.07) is 15.4. The van der Waals surface area contributed by atoms with Crippen molar-refractivity contribution in [1.29, 1.82) is 5.26 Å². The normalized spacial score (nSPS) is 17.7. The van der Waals surface area contributed by atoms with Gasteiger partial charge in [0.2, 0.25) is 17.7 Å². The number of nitrogens with one attached hydrogen (secondary N) is 2. The first kappa shape index (κ1) is 46.3. The average molecular weight is 862 g/mol. The number of rotatable bonds is 11. The van der Waals surface area contributed by atoms with Crippen molar-refractivity contribution < 1.29 is 61.7 Å². The van der Waals surface area contributed by atoms with E-state index in [0.29, 0.717) is 41.1 Å². The number of phenolic OH excluding ortho intramolecular Hbond substituents is 1. The number of nitrogens with zero attached hydrogens (tertiary/aromatic N) is 6. The van der Waals surface area contributed by atoms with Gasteiger partial charge in [0.05, 0.1) is 22.8 Å². The van der Waals surface area contributed by atoms with Crippen molar-refractivity contribution in [2.24, 2.45) is 0 Å². The van der Waals surface area contributed by atoms with E-state index in [0.717, 1.165) is 44.3 Å². The van der Waals surface area contributed by atoms with Gasteiger partial charge >= 0.3 is 0 Å². The number of piperazine rings is 1. The van der Waals surface area contributed by atoms with Crippen LogP contribution in [-0.2, 0) is 42.3 Å². The molecule has 2 atom stereocenters. The number of unbranched alkanes of at least 4 members (excludes halogenated alkanes) is 1. The van der Waals surface area contributed by atoms with Crippen LogP contribution < -0.4 is 15.0 Å². The summed E-state index contributed by atoms with van der Waals surface area (Å²) in [7, 11) is 3.64. The standard InChI is InChI=1S/C14H22N3O.C14H14N2O5.C12H13ClN3.Y/c1-17(13-5-4-6-13)9-2-3-10-18-14-8-7-12(15)11-16-14;1-16(11-4-5-12(19)15-13(11)20)14(21)10-6-9(18)3-2-8(10)7-17;1-9-8-15-4-5-16(9)11-3-2-10(7-14)12(13)6-11;/h7-8,11,13,15H,2-6,9-10H2,1H3;2-3,6-7,11,18H,4-5H2,1H3,(H,15,19,20);2-3,6,9H,4-5,8H2,1H3;/q-1;;-1;. The van der Waals surface area contributed by atoms with E-state index in [1.807, 2.05) is 12.1 Å². The van der Waals surface area contributed by atoms with Crippen molar-refractivity contribution in [1.82, 2.24) is 20.1 Å². The summed E-state index contributed by atoms with van der Waals surface area (Å²) in [5.41, 5.74) is 9.48. The number of pyridine rings is 1. The van der Waals surface area contributed by atoms with Gasteiger partial charge in [-0.05, 0) is 102 Å². The van der Waals surface area contributed by atoms with Crippen LogP contribution in [0.1, 0.15) is 78.1 Å². The first-order chi connectivity index (χ1) is 26.4. The Morgan fingerprint density at radius 2 is 1.93 bits per heavy atom. The summed E-state index contributed by atoms with van der Waals surface area (Å²) in [5.74, 6) is -1.01. The van der Waals surface area contributed by atoms with E-state index in [-0.39, 0.29) is 68.3 Å². The minimum absolute atomic E-state index is 0. The molecule has 3 N–H and O–H groups in total. The predicted molar refractivity (Wildman–Crippen MR) is 211 cm³/mol. The van der Waals surface area contributed by atoms with Gasteiger partial charge in [-0.15, -0.1) is 18.8 Å². The van der Waals surface area contributed by atoms with Crippen LogP contribution in [0.5, 0.6) is 11.6 Å². The number of aldehydes is 1. The molecule has 297 valence electrons. The van der Waals surface area contributed by atoms with Gasteiger partial charge in [-0.25, -0.2) is 4.98 Å². The van der Waals surface area contributed by atoms with E-state index in [9.17, 15) is 24.3 Å².